The smallest absolute Gasteiger partial charge is 0.448 e. The molecule has 5 nitrogen and oxygen atoms in total. The van der Waals surface area contributed by atoms with Crippen LogP contribution in [0.1, 0.15) is 21.7 Å². The second-order valence-corrected chi connectivity index (χ2v) is 7.39. The maximum Gasteiger partial charge on any atom is 0.453 e. The lowest BCUT2D eigenvalue weighted by Crippen LogP contribution is -2.16. The van der Waals surface area contributed by atoms with E-state index in [4.69, 9.17) is 25.5 Å². The molecule has 1 aromatic heterocycles. The molecule has 0 N–H and O–H groups in total. The minimum Gasteiger partial charge on any atom is -0.448 e. The van der Waals surface area contributed by atoms with Crippen molar-refractivity contribution >= 4 is 28.5 Å². The van der Waals surface area contributed by atoms with Crippen molar-refractivity contribution in [2.24, 2.45) is 0 Å². The van der Waals surface area contributed by atoms with Crippen molar-refractivity contribution in [3.63, 3.8) is 0 Å². The Morgan fingerprint density at radius 3 is 2.39 bits per heavy atom. The zero-order chi connectivity index (χ0) is 23.8. The molecule has 0 spiro atoms. The van der Waals surface area contributed by atoms with Gasteiger partial charge in [0, 0.05) is 6.07 Å². The molecule has 168 valence electrons. The van der Waals surface area contributed by atoms with E-state index in [1.54, 1.807) is 37.3 Å². The van der Waals surface area contributed by atoms with Crippen LogP contribution < -0.4 is 14.9 Å². The predicted octanol–water partition coefficient (Wildman–Crippen LogP) is 6.79. The Balaban J connectivity index is 1.78. The number of hydrogen-bond donors (Lipinski definition) is 0. The second-order valence-electron chi connectivity index (χ2n) is 6.98. The summed E-state index contributed by atoms with van der Waals surface area (Å²) in [7, 11) is 0. The quantitative estimate of drug-likeness (QED) is 0.241. The first-order chi connectivity index (χ1) is 15.6. The largest absolute Gasteiger partial charge is 0.453 e. The molecule has 0 aliphatic heterocycles. The summed E-state index contributed by atoms with van der Waals surface area (Å²) in [4.78, 5) is 25.3. The Morgan fingerprint density at radius 1 is 1.00 bits per heavy atom. The molecule has 4 aromatic rings. The number of rotatable bonds is 4. The summed E-state index contributed by atoms with van der Waals surface area (Å²) < 4.78 is 56.6. The molecule has 0 amide bonds. The topological polar surface area (TPSA) is 65.7 Å². The van der Waals surface area contributed by atoms with Crippen molar-refractivity contribution < 1.29 is 31.9 Å². The van der Waals surface area contributed by atoms with Crippen LogP contribution in [0.25, 0.3) is 11.0 Å². The van der Waals surface area contributed by atoms with Gasteiger partial charge in [-0.15, -0.1) is 0 Å². The van der Waals surface area contributed by atoms with Gasteiger partial charge in [-0.1, -0.05) is 41.9 Å². The minimum absolute atomic E-state index is 0.0172. The van der Waals surface area contributed by atoms with Gasteiger partial charge in [0.25, 0.3) is 5.76 Å². The molecular weight excluding hydrogens is 461 g/mol. The van der Waals surface area contributed by atoms with E-state index in [1.165, 1.54) is 30.3 Å². The molecule has 1 heterocycles. The van der Waals surface area contributed by atoms with Crippen LogP contribution in [0.4, 0.5) is 13.2 Å². The van der Waals surface area contributed by atoms with Crippen molar-refractivity contribution in [3.8, 4) is 17.2 Å². The van der Waals surface area contributed by atoms with Gasteiger partial charge in [0.15, 0.2) is 0 Å². The van der Waals surface area contributed by atoms with E-state index >= 15 is 0 Å². The van der Waals surface area contributed by atoms with Crippen LogP contribution in [0.15, 0.2) is 75.9 Å². The molecule has 0 saturated carbocycles. The van der Waals surface area contributed by atoms with E-state index in [1.807, 2.05) is 0 Å². The molecular formula is C24H14ClF3O5. The fourth-order valence-electron chi connectivity index (χ4n) is 3.10. The Morgan fingerprint density at radius 2 is 1.70 bits per heavy atom. The van der Waals surface area contributed by atoms with Gasteiger partial charge in [0.2, 0.25) is 11.2 Å². The minimum atomic E-state index is -5.04. The van der Waals surface area contributed by atoms with Crippen LogP contribution in [-0.4, -0.2) is 5.97 Å². The standard InChI is InChI=1S/C24H14ClF3O5/c1-13-6-2-3-7-15(13)23(30)31-14-10-11-16-19(12-14)33-22(24(26,27)28)21(20(16)29)32-18-9-5-4-8-17(18)25/h2-12H,1H3. The number of carbonyl (C=O) groups excluding carboxylic acids is 1. The Bertz CT molecular complexity index is 1430. The Kier molecular flexibility index (Phi) is 5.86. The van der Waals surface area contributed by atoms with Crippen LogP contribution in [0.2, 0.25) is 5.02 Å². The number of benzene rings is 3. The van der Waals surface area contributed by atoms with Crippen molar-refractivity contribution in [1.29, 1.82) is 0 Å². The van der Waals surface area contributed by atoms with Gasteiger partial charge in [-0.2, -0.15) is 13.2 Å². The Hall–Kier alpha value is -3.78. The number of aryl methyl sites for hydroxylation is 1. The molecule has 0 saturated heterocycles. The lowest BCUT2D eigenvalue weighted by Gasteiger charge is -2.14. The van der Waals surface area contributed by atoms with Crippen LogP contribution in [0.5, 0.6) is 17.2 Å². The van der Waals surface area contributed by atoms with E-state index in [2.05, 4.69) is 0 Å². The average Bonchev–Trinajstić information content (AvgIpc) is 2.76. The molecule has 0 atom stereocenters. The highest BCUT2D eigenvalue weighted by molar-refractivity contribution is 6.32. The molecule has 0 aliphatic carbocycles. The van der Waals surface area contributed by atoms with Gasteiger partial charge in [0.1, 0.15) is 17.1 Å². The summed E-state index contributed by atoms with van der Waals surface area (Å²) in [5.74, 6) is -3.62. The number of para-hydroxylation sites is 1. The fourth-order valence-corrected chi connectivity index (χ4v) is 3.27. The number of halogens is 4. The van der Waals surface area contributed by atoms with Crippen LogP contribution in [0, 0.1) is 6.92 Å². The second kappa shape index (κ2) is 8.63. The first kappa shape index (κ1) is 22.4. The zero-order valence-electron chi connectivity index (χ0n) is 16.9. The normalized spacial score (nSPS) is 11.4. The third kappa shape index (κ3) is 4.56. The first-order valence-electron chi connectivity index (χ1n) is 9.53. The molecule has 0 aliphatic rings. The fraction of sp³-hybridized carbons (Fsp3) is 0.0833. The molecule has 3 aromatic carbocycles. The van der Waals surface area contributed by atoms with Crippen molar-refractivity contribution in [2.75, 3.05) is 0 Å². The number of hydrogen-bond acceptors (Lipinski definition) is 5. The third-order valence-corrected chi connectivity index (χ3v) is 5.02. The van der Waals surface area contributed by atoms with E-state index in [-0.39, 0.29) is 21.9 Å². The van der Waals surface area contributed by atoms with Gasteiger partial charge >= 0.3 is 12.1 Å². The lowest BCUT2D eigenvalue weighted by molar-refractivity contribution is -0.154. The maximum atomic E-state index is 13.7. The highest BCUT2D eigenvalue weighted by Gasteiger charge is 2.40. The van der Waals surface area contributed by atoms with Gasteiger partial charge in [-0.05, 0) is 42.8 Å². The monoisotopic (exact) mass is 474 g/mol. The van der Waals surface area contributed by atoms with Gasteiger partial charge in [-0.3, -0.25) is 4.79 Å². The summed E-state index contributed by atoms with van der Waals surface area (Å²) in [5.41, 5.74) is -0.525. The van der Waals surface area contributed by atoms with Crippen LogP contribution in [-0.2, 0) is 6.18 Å². The maximum absolute atomic E-state index is 13.7. The summed E-state index contributed by atoms with van der Waals surface area (Å²) in [6.45, 7) is 1.71. The van der Waals surface area contributed by atoms with E-state index in [0.29, 0.717) is 11.1 Å². The molecule has 0 fully saturated rings. The van der Waals surface area contributed by atoms with Gasteiger partial charge in [0.05, 0.1) is 16.0 Å². The number of fused-ring (bicyclic) bond motifs is 1. The number of esters is 1. The van der Waals surface area contributed by atoms with Crippen LogP contribution >= 0.6 is 11.6 Å². The predicted molar refractivity (Wildman–Crippen MR) is 115 cm³/mol. The van der Waals surface area contributed by atoms with Crippen molar-refractivity contribution in [2.45, 2.75) is 13.1 Å². The van der Waals surface area contributed by atoms with E-state index < -0.39 is 34.7 Å². The Labute approximate surface area is 189 Å². The SMILES string of the molecule is Cc1ccccc1C(=O)Oc1ccc2c(=O)c(Oc3ccccc3Cl)c(C(F)(F)F)oc2c1. The molecule has 0 radical (unpaired) electrons. The highest BCUT2D eigenvalue weighted by atomic mass is 35.5. The molecule has 9 heteroatoms. The third-order valence-electron chi connectivity index (χ3n) is 4.70. The first-order valence-corrected chi connectivity index (χ1v) is 9.91. The van der Waals surface area contributed by atoms with Crippen molar-refractivity contribution in [1.82, 2.24) is 0 Å². The average molecular weight is 475 g/mol. The number of carbonyl (C=O) groups is 1. The van der Waals surface area contributed by atoms with E-state index in [9.17, 15) is 22.8 Å². The molecule has 0 unspecified atom stereocenters. The molecule has 0 bridgehead atoms. The molecule has 4 rings (SSSR count). The summed E-state index contributed by atoms with van der Waals surface area (Å²) in [6, 6.07) is 16.0. The number of alkyl halides is 3. The lowest BCUT2D eigenvalue weighted by atomic mass is 10.1. The van der Waals surface area contributed by atoms with Crippen molar-refractivity contribution in [3.05, 3.63) is 98.9 Å². The van der Waals surface area contributed by atoms with Gasteiger partial charge in [-0.25, -0.2) is 4.79 Å². The summed E-state index contributed by atoms with van der Waals surface area (Å²) in [5, 5.41) is -0.177. The van der Waals surface area contributed by atoms with Gasteiger partial charge < -0.3 is 13.9 Å². The highest BCUT2D eigenvalue weighted by Crippen LogP contribution is 2.39. The zero-order valence-corrected chi connectivity index (χ0v) is 17.7. The van der Waals surface area contributed by atoms with Crippen LogP contribution in [0.3, 0.4) is 0 Å². The number of ether oxygens (including phenoxy) is 2. The summed E-state index contributed by atoms with van der Waals surface area (Å²) >= 11 is 5.95. The molecule has 33 heavy (non-hydrogen) atoms. The van der Waals surface area contributed by atoms with E-state index in [0.717, 1.165) is 6.07 Å². The summed E-state index contributed by atoms with van der Waals surface area (Å²) in [6.07, 6.45) is -5.04.